The topological polar surface area (TPSA) is 34.1 Å². The average Bonchev–Trinajstić information content (AvgIpc) is 2.04. The van der Waals surface area contributed by atoms with Gasteiger partial charge in [-0.2, -0.15) is 0 Å². The van der Waals surface area contributed by atoms with Crippen LogP contribution >= 0.6 is 15.9 Å². The smallest absolute Gasteiger partial charge is 0.155 e. The van der Waals surface area contributed by atoms with Crippen LogP contribution in [0.4, 0.5) is 0 Å². The van der Waals surface area contributed by atoms with Gasteiger partial charge in [0.05, 0.1) is 11.5 Å². The van der Waals surface area contributed by atoms with Crippen molar-refractivity contribution in [2.24, 2.45) is 0 Å². The van der Waals surface area contributed by atoms with Gasteiger partial charge < -0.3 is 0 Å². The third-order valence-electron chi connectivity index (χ3n) is 1.62. The first-order valence-corrected chi connectivity index (χ1v) is 6.89. The number of alkyl halides is 1. The van der Waals surface area contributed by atoms with Crippen molar-refractivity contribution in [1.82, 2.24) is 0 Å². The number of halogens is 1. The molecule has 0 saturated heterocycles. The highest BCUT2D eigenvalue weighted by Gasteiger charge is 2.09. The molecule has 0 unspecified atom stereocenters. The molecule has 1 aromatic carbocycles. The summed E-state index contributed by atoms with van der Waals surface area (Å²) in [6.07, 6.45) is 0. The van der Waals surface area contributed by atoms with Crippen LogP contribution in [-0.2, 0) is 15.6 Å². The van der Waals surface area contributed by atoms with Crippen LogP contribution in [0.1, 0.15) is 5.56 Å². The Morgan fingerprint density at radius 3 is 2.31 bits per heavy atom. The zero-order valence-corrected chi connectivity index (χ0v) is 9.51. The average molecular weight is 263 g/mol. The van der Waals surface area contributed by atoms with Crippen LogP contribution in [0.25, 0.3) is 0 Å². The summed E-state index contributed by atoms with van der Waals surface area (Å²) in [5.74, 6) is 0.335. The molecule has 0 fully saturated rings. The summed E-state index contributed by atoms with van der Waals surface area (Å²) in [4.78, 5) is 0. The molecule has 13 heavy (non-hydrogen) atoms. The molecule has 72 valence electrons. The van der Waals surface area contributed by atoms with Gasteiger partial charge in [-0.05, 0) is 5.56 Å². The van der Waals surface area contributed by atoms with Gasteiger partial charge in [-0.1, -0.05) is 46.3 Å². The maximum atomic E-state index is 11.4. The second-order valence-electron chi connectivity index (χ2n) is 2.77. The van der Waals surface area contributed by atoms with E-state index in [1.54, 1.807) is 0 Å². The Morgan fingerprint density at radius 2 is 1.77 bits per heavy atom. The summed E-state index contributed by atoms with van der Waals surface area (Å²) in [6.45, 7) is 0. The first kappa shape index (κ1) is 10.7. The van der Waals surface area contributed by atoms with E-state index in [-0.39, 0.29) is 11.5 Å². The van der Waals surface area contributed by atoms with Crippen LogP contribution in [0.2, 0.25) is 0 Å². The highest BCUT2D eigenvalue weighted by Crippen LogP contribution is 2.06. The van der Waals surface area contributed by atoms with Crippen LogP contribution in [0.15, 0.2) is 30.3 Å². The van der Waals surface area contributed by atoms with Gasteiger partial charge in [0.15, 0.2) is 9.84 Å². The van der Waals surface area contributed by atoms with Crippen LogP contribution < -0.4 is 0 Å². The molecule has 0 spiro atoms. The number of hydrogen-bond donors (Lipinski definition) is 0. The molecule has 1 aromatic rings. The Morgan fingerprint density at radius 1 is 1.15 bits per heavy atom. The summed E-state index contributed by atoms with van der Waals surface area (Å²) in [5, 5.41) is 0.502. The molecule has 0 aromatic heterocycles. The van der Waals surface area contributed by atoms with E-state index < -0.39 is 9.84 Å². The number of hydrogen-bond acceptors (Lipinski definition) is 2. The molecule has 1 rings (SSSR count). The van der Waals surface area contributed by atoms with Crippen LogP contribution in [0.5, 0.6) is 0 Å². The highest BCUT2D eigenvalue weighted by molar-refractivity contribution is 9.09. The molecule has 4 heteroatoms. The van der Waals surface area contributed by atoms with Crippen molar-refractivity contribution in [3.8, 4) is 0 Å². The molecule has 2 nitrogen and oxygen atoms in total. The van der Waals surface area contributed by atoms with Crippen molar-refractivity contribution in [1.29, 1.82) is 0 Å². The molecule has 0 amide bonds. The predicted molar refractivity (Wildman–Crippen MR) is 57.7 cm³/mol. The largest absolute Gasteiger partial charge is 0.228 e. The molecule has 0 aliphatic rings. The lowest BCUT2D eigenvalue weighted by molar-refractivity contribution is 0.597. The van der Waals surface area contributed by atoms with E-state index in [1.807, 2.05) is 30.3 Å². The van der Waals surface area contributed by atoms with Gasteiger partial charge in [0.1, 0.15) is 0 Å². The fraction of sp³-hybridized carbons (Fsp3) is 0.333. The minimum absolute atomic E-state index is 0.138. The molecule has 0 aliphatic carbocycles. The lowest BCUT2D eigenvalue weighted by Crippen LogP contribution is -2.09. The second-order valence-corrected chi connectivity index (χ2v) is 5.74. The van der Waals surface area contributed by atoms with Crippen molar-refractivity contribution in [2.45, 2.75) is 5.75 Å². The van der Waals surface area contributed by atoms with Crippen molar-refractivity contribution < 1.29 is 8.42 Å². The summed E-state index contributed by atoms with van der Waals surface area (Å²) < 4.78 is 22.7. The Bertz CT molecular complexity index is 345. The van der Waals surface area contributed by atoms with Gasteiger partial charge in [-0.15, -0.1) is 0 Å². The van der Waals surface area contributed by atoms with Crippen LogP contribution in [-0.4, -0.2) is 19.5 Å². The fourth-order valence-electron chi connectivity index (χ4n) is 1.02. The van der Waals surface area contributed by atoms with Gasteiger partial charge in [-0.3, -0.25) is 0 Å². The van der Waals surface area contributed by atoms with Gasteiger partial charge in [0.25, 0.3) is 0 Å². The quantitative estimate of drug-likeness (QED) is 0.778. The zero-order chi connectivity index (χ0) is 9.73. The minimum Gasteiger partial charge on any atom is -0.228 e. The monoisotopic (exact) mass is 262 g/mol. The first-order chi connectivity index (χ1) is 6.14. The van der Waals surface area contributed by atoms with Crippen molar-refractivity contribution in [3.05, 3.63) is 35.9 Å². The Hall–Kier alpha value is -0.350. The summed E-state index contributed by atoms with van der Waals surface area (Å²) >= 11 is 3.12. The van der Waals surface area contributed by atoms with Gasteiger partial charge in [0.2, 0.25) is 0 Å². The molecule has 0 heterocycles. The first-order valence-electron chi connectivity index (χ1n) is 3.94. The second kappa shape index (κ2) is 4.77. The van der Waals surface area contributed by atoms with Gasteiger partial charge in [0, 0.05) is 5.33 Å². The fourth-order valence-corrected chi connectivity index (χ4v) is 3.58. The van der Waals surface area contributed by atoms with E-state index in [2.05, 4.69) is 15.9 Å². The lowest BCUT2D eigenvalue weighted by Gasteiger charge is -2.01. The molecule has 0 radical (unpaired) electrons. The Balaban J connectivity index is 2.70. The third-order valence-corrected chi connectivity index (χ3v) is 4.14. The van der Waals surface area contributed by atoms with E-state index in [0.717, 1.165) is 5.56 Å². The van der Waals surface area contributed by atoms with E-state index in [4.69, 9.17) is 0 Å². The van der Waals surface area contributed by atoms with Crippen LogP contribution in [0, 0.1) is 0 Å². The zero-order valence-electron chi connectivity index (χ0n) is 7.11. The Kier molecular flexibility index (Phi) is 3.93. The lowest BCUT2D eigenvalue weighted by atomic mass is 10.2. The SMILES string of the molecule is O=S(=O)(CCBr)Cc1ccccc1. The van der Waals surface area contributed by atoms with Crippen molar-refractivity contribution >= 4 is 25.8 Å². The molecule has 0 saturated carbocycles. The predicted octanol–water partition coefficient (Wildman–Crippen LogP) is 2.00. The number of rotatable bonds is 4. The molecular weight excluding hydrogens is 252 g/mol. The third kappa shape index (κ3) is 3.91. The minimum atomic E-state index is -2.93. The van der Waals surface area contributed by atoms with E-state index in [1.165, 1.54) is 0 Å². The molecular formula is C9H11BrO2S. The normalized spacial score (nSPS) is 11.5. The van der Waals surface area contributed by atoms with Crippen LogP contribution in [0.3, 0.4) is 0 Å². The van der Waals surface area contributed by atoms with E-state index >= 15 is 0 Å². The van der Waals surface area contributed by atoms with Crippen molar-refractivity contribution in [2.75, 3.05) is 11.1 Å². The molecule has 0 aliphatic heterocycles. The summed E-state index contributed by atoms with van der Waals surface area (Å²) in [6, 6.07) is 9.22. The highest BCUT2D eigenvalue weighted by atomic mass is 79.9. The number of benzene rings is 1. The number of sulfone groups is 1. The molecule has 0 bridgehead atoms. The maximum absolute atomic E-state index is 11.4. The Labute approximate surface area is 87.0 Å². The summed E-state index contributed by atoms with van der Waals surface area (Å²) in [7, 11) is -2.93. The molecule has 0 N–H and O–H groups in total. The van der Waals surface area contributed by atoms with E-state index in [9.17, 15) is 8.42 Å². The van der Waals surface area contributed by atoms with E-state index in [0.29, 0.717) is 5.33 Å². The standard InChI is InChI=1S/C9H11BrO2S/c10-6-7-13(11,12)8-9-4-2-1-3-5-9/h1-5H,6-8H2. The van der Waals surface area contributed by atoms with Gasteiger partial charge >= 0.3 is 0 Å². The maximum Gasteiger partial charge on any atom is 0.155 e. The van der Waals surface area contributed by atoms with Crippen molar-refractivity contribution in [3.63, 3.8) is 0 Å². The van der Waals surface area contributed by atoms with Gasteiger partial charge in [-0.25, -0.2) is 8.42 Å². The summed E-state index contributed by atoms with van der Waals surface area (Å²) in [5.41, 5.74) is 0.850. The molecule has 0 atom stereocenters.